The molecule has 1 aliphatic carbocycles. The number of carboxylic acid groups (broad SMARTS) is 1. The summed E-state index contributed by atoms with van der Waals surface area (Å²) in [7, 11) is 0. The van der Waals surface area contributed by atoms with Gasteiger partial charge in [-0.15, -0.1) is 0 Å². The standard InChI is InChI=1S/C20H28O4/c1-11(2)17(21)8-6-12(3)15-7-5-13(4)19-16(15)9-14(20(23)24)10-18(19)22/h9-10,12-13,15,17,21-22H,1,5-8H2,2-4H3,(H,23,24)/t12-,13+,15-,17?/m0/s1. The summed E-state index contributed by atoms with van der Waals surface area (Å²) in [5.41, 5.74) is 2.76. The molecule has 0 heterocycles. The van der Waals surface area contributed by atoms with Crippen molar-refractivity contribution in [3.63, 3.8) is 0 Å². The molecule has 1 aromatic carbocycles. The summed E-state index contributed by atoms with van der Waals surface area (Å²) in [5.74, 6) is -0.188. The van der Waals surface area contributed by atoms with Gasteiger partial charge in [0.2, 0.25) is 0 Å². The number of phenolic OH excluding ortho intramolecular Hbond substituents is 1. The Morgan fingerprint density at radius 1 is 1.33 bits per heavy atom. The van der Waals surface area contributed by atoms with Crippen molar-refractivity contribution in [1.82, 2.24) is 0 Å². The van der Waals surface area contributed by atoms with Gasteiger partial charge in [-0.2, -0.15) is 0 Å². The molecule has 0 radical (unpaired) electrons. The molecule has 2 rings (SSSR count). The second-order valence-electron chi connectivity index (χ2n) is 7.31. The highest BCUT2D eigenvalue weighted by Gasteiger charge is 2.31. The van der Waals surface area contributed by atoms with Gasteiger partial charge in [-0.25, -0.2) is 4.79 Å². The number of benzene rings is 1. The van der Waals surface area contributed by atoms with E-state index in [4.69, 9.17) is 0 Å². The van der Waals surface area contributed by atoms with Crippen molar-refractivity contribution in [3.05, 3.63) is 41.0 Å². The SMILES string of the molecule is C=C(C)C(O)CC[C@H](C)[C@@H]1CC[C@@H](C)c2c(O)cc(C(=O)O)cc21. The fraction of sp³-hybridized carbons (Fsp3) is 0.550. The van der Waals surface area contributed by atoms with Gasteiger partial charge in [-0.3, -0.25) is 0 Å². The van der Waals surface area contributed by atoms with Crippen LogP contribution in [0.25, 0.3) is 0 Å². The zero-order valence-electron chi connectivity index (χ0n) is 14.7. The molecule has 1 aromatic rings. The molecular formula is C20H28O4. The fourth-order valence-electron chi connectivity index (χ4n) is 3.82. The molecule has 0 aliphatic heterocycles. The molecule has 0 aromatic heterocycles. The number of phenols is 1. The maximum Gasteiger partial charge on any atom is 0.335 e. The van der Waals surface area contributed by atoms with Crippen molar-refractivity contribution in [2.24, 2.45) is 5.92 Å². The van der Waals surface area contributed by atoms with Crippen LogP contribution in [0.5, 0.6) is 5.75 Å². The van der Waals surface area contributed by atoms with Crippen molar-refractivity contribution >= 4 is 5.97 Å². The van der Waals surface area contributed by atoms with Gasteiger partial charge in [0.25, 0.3) is 0 Å². The Bertz CT molecular complexity index is 635. The number of fused-ring (bicyclic) bond motifs is 1. The van der Waals surface area contributed by atoms with Gasteiger partial charge in [-0.1, -0.05) is 26.0 Å². The van der Waals surface area contributed by atoms with Crippen LogP contribution in [-0.4, -0.2) is 27.4 Å². The van der Waals surface area contributed by atoms with Gasteiger partial charge in [0, 0.05) is 5.56 Å². The number of hydrogen-bond donors (Lipinski definition) is 3. The highest BCUT2D eigenvalue weighted by atomic mass is 16.4. The van der Waals surface area contributed by atoms with E-state index in [0.717, 1.165) is 36.0 Å². The summed E-state index contributed by atoms with van der Waals surface area (Å²) < 4.78 is 0. The van der Waals surface area contributed by atoms with Crippen LogP contribution >= 0.6 is 0 Å². The van der Waals surface area contributed by atoms with E-state index in [9.17, 15) is 20.1 Å². The molecule has 0 saturated heterocycles. The third-order valence-electron chi connectivity index (χ3n) is 5.39. The van der Waals surface area contributed by atoms with E-state index in [-0.39, 0.29) is 23.1 Å². The van der Waals surface area contributed by atoms with Crippen LogP contribution in [-0.2, 0) is 0 Å². The molecule has 4 heteroatoms. The van der Waals surface area contributed by atoms with E-state index >= 15 is 0 Å². The van der Waals surface area contributed by atoms with Crippen LogP contribution in [0.15, 0.2) is 24.3 Å². The first-order chi connectivity index (χ1) is 11.2. The van der Waals surface area contributed by atoms with E-state index in [1.165, 1.54) is 6.07 Å². The first kappa shape index (κ1) is 18.5. The van der Waals surface area contributed by atoms with Crippen LogP contribution in [0.4, 0.5) is 0 Å². The van der Waals surface area contributed by atoms with Gasteiger partial charge < -0.3 is 15.3 Å². The minimum Gasteiger partial charge on any atom is -0.508 e. The fourth-order valence-corrected chi connectivity index (χ4v) is 3.82. The molecule has 1 unspecified atom stereocenters. The largest absolute Gasteiger partial charge is 0.508 e. The predicted molar refractivity (Wildman–Crippen MR) is 94.7 cm³/mol. The van der Waals surface area contributed by atoms with Crippen LogP contribution in [0.3, 0.4) is 0 Å². The van der Waals surface area contributed by atoms with Crippen LogP contribution in [0.2, 0.25) is 0 Å². The van der Waals surface area contributed by atoms with Crippen molar-refractivity contribution in [2.75, 3.05) is 0 Å². The molecule has 0 bridgehead atoms. The molecule has 4 nitrogen and oxygen atoms in total. The third kappa shape index (κ3) is 3.81. The molecule has 132 valence electrons. The van der Waals surface area contributed by atoms with Gasteiger partial charge in [-0.05, 0) is 68.1 Å². The number of carbonyl (C=O) groups is 1. The first-order valence-corrected chi connectivity index (χ1v) is 8.65. The minimum atomic E-state index is -1.02. The normalized spacial score (nSPS) is 22.5. The van der Waals surface area contributed by atoms with E-state index < -0.39 is 12.1 Å². The molecule has 0 amide bonds. The van der Waals surface area contributed by atoms with Gasteiger partial charge in [0.15, 0.2) is 0 Å². The Labute approximate surface area is 143 Å². The number of aromatic carboxylic acids is 1. The van der Waals surface area contributed by atoms with Gasteiger partial charge in [0.1, 0.15) is 5.75 Å². The van der Waals surface area contributed by atoms with Gasteiger partial charge >= 0.3 is 5.97 Å². The zero-order valence-corrected chi connectivity index (χ0v) is 14.7. The monoisotopic (exact) mass is 332 g/mol. The number of hydrogen-bond acceptors (Lipinski definition) is 3. The van der Waals surface area contributed by atoms with Gasteiger partial charge in [0.05, 0.1) is 11.7 Å². The second kappa shape index (κ2) is 7.39. The molecule has 0 spiro atoms. The molecule has 4 atom stereocenters. The lowest BCUT2D eigenvalue weighted by molar-refractivity contribution is 0.0696. The van der Waals surface area contributed by atoms with Crippen molar-refractivity contribution in [2.45, 2.75) is 64.4 Å². The van der Waals surface area contributed by atoms with Crippen molar-refractivity contribution < 1.29 is 20.1 Å². The second-order valence-corrected chi connectivity index (χ2v) is 7.31. The Morgan fingerprint density at radius 2 is 2.00 bits per heavy atom. The predicted octanol–water partition coefficient (Wildman–Crippen LogP) is 4.42. The molecule has 24 heavy (non-hydrogen) atoms. The zero-order chi connectivity index (χ0) is 18.0. The molecule has 1 aliphatic rings. The Hall–Kier alpha value is -1.81. The Morgan fingerprint density at radius 3 is 2.58 bits per heavy atom. The lowest BCUT2D eigenvalue weighted by Crippen LogP contribution is -2.21. The van der Waals surface area contributed by atoms with Crippen LogP contribution in [0.1, 0.15) is 79.8 Å². The first-order valence-electron chi connectivity index (χ1n) is 8.65. The number of aliphatic hydroxyl groups excluding tert-OH is 1. The summed E-state index contributed by atoms with van der Waals surface area (Å²) in [5, 5.41) is 29.6. The summed E-state index contributed by atoms with van der Waals surface area (Å²) in [4.78, 5) is 11.3. The van der Waals surface area contributed by atoms with Crippen molar-refractivity contribution in [3.8, 4) is 5.75 Å². The van der Waals surface area contributed by atoms with E-state index in [2.05, 4.69) is 20.4 Å². The quantitative estimate of drug-likeness (QED) is 0.674. The van der Waals surface area contributed by atoms with E-state index in [1.807, 2.05) is 6.92 Å². The topological polar surface area (TPSA) is 77.8 Å². The Balaban J connectivity index is 2.29. The number of rotatable bonds is 6. The van der Waals surface area contributed by atoms with Crippen molar-refractivity contribution in [1.29, 1.82) is 0 Å². The summed E-state index contributed by atoms with van der Waals surface area (Å²) in [6, 6.07) is 3.08. The average molecular weight is 332 g/mol. The minimum absolute atomic E-state index is 0.0938. The number of aromatic hydroxyl groups is 1. The molecule has 0 saturated carbocycles. The summed E-state index contributed by atoms with van der Waals surface area (Å²) in [6.45, 7) is 9.82. The highest BCUT2D eigenvalue weighted by Crippen LogP contribution is 2.47. The maximum atomic E-state index is 11.3. The lowest BCUT2D eigenvalue weighted by Gasteiger charge is -2.34. The van der Waals surface area contributed by atoms with Crippen LogP contribution < -0.4 is 0 Å². The average Bonchev–Trinajstić information content (AvgIpc) is 2.51. The number of aliphatic hydroxyl groups is 1. The molecular weight excluding hydrogens is 304 g/mol. The number of carboxylic acids is 1. The Kier molecular flexibility index (Phi) is 5.70. The molecule has 3 N–H and O–H groups in total. The summed E-state index contributed by atoms with van der Waals surface area (Å²) in [6.07, 6.45) is 2.95. The summed E-state index contributed by atoms with van der Waals surface area (Å²) >= 11 is 0. The smallest absolute Gasteiger partial charge is 0.335 e. The van der Waals surface area contributed by atoms with Crippen LogP contribution in [0, 0.1) is 5.92 Å². The maximum absolute atomic E-state index is 11.3. The lowest BCUT2D eigenvalue weighted by atomic mass is 9.70. The highest BCUT2D eigenvalue weighted by molar-refractivity contribution is 5.88. The third-order valence-corrected chi connectivity index (χ3v) is 5.39. The van der Waals surface area contributed by atoms with E-state index in [0.29, 0.717) is 12.3 Å². The molecule has 0 fully saturated rings. The van der Waals surface area contributed by atoms with E-state index in [1.54, 1.807) is 6.07 Å².